The lowest BCUT2D eigenvalue weighted by molar-refractivity contribution is 0.313. The number of piperidine rings is 1. The summed E-state index contributed by atoms with van der Waals surface area (Å²) < 4.78 is 0. The van der Waals surface area contributed by atoms with Gasteiger partial charge in [-0.05, 0) is 49.4 Å². The molecule has 1 aromatic heterocycles. The van der Waals surface area contributed by atoms with Crippen molar-refractivity contribution in [2.24, 2.45) is 0 Å². The van der Waals surface area contributed by atoms with Gasteiger partial charge in [0.25, 0.3) is 0 Å². The third-order valence-corrected chi connectivity index (χ3v) is 6.10. The molecule has 1 unspecified atom stereocenters. The number of benzene rings is 1. The summed E-state index contributed by atoms with van der Waals surface area (Å²) in [5, 5.41) is 12.7. The fraction of sp³-hybridized carbons (Fsp3) is 0.478. The Balaban J connectivity index is 1.16. The summed E-state index contributed by atoms with van der Waals surface area (Å²) in [5.74, 6) is 1.69. The molecule has 0 bridgehead atoms. The molecule has 2 aliphatic rings. The number of aromatic nitrogens is 1. The van der Waals surface area contributed by atoms with Crippen molar-refractivity contribution < 1.29 is 0 Å². The van der Waals surface area contributed by atoms with Crippen LogP contribution in [0.2, 0.25) is 0 Å². The normalized spacial score (nSPS) is 21.0. The van der Waals surface area contributed by atoms with Crippen LogP contribution in [0.15, 0.2) is 48.7 Å². The van der Waals surface area contributed by atoms with Gasteiger partial charge in [-0.25, -0.2) is 4.98 Å². The standard InChI is InChI=1S/C23H29N5/c24-16-19-6-7-23(26-17-19)28-13-9-22(10-14-28)25-11-15-27-12-8-21(18-27)20-4-2-1-3-5-20/h1-7,17,21-22,25H,8-15,18H2. The molecule has 3 heterocycles. The zero-order chi connectivity index (χ0) is 19.2. The quantitative estimate of drug-likeness (QED) is 0.841. The third kappa shape index (κ3) is 4.70. The highest BCUT2D eigenvalue weighted by atomic mass is 15.2. The maximum absolute atomic E-state index is 8.89. The minimum Gasteiger partial charge on any atom is -0.357 e. The molecule has 2 aliphatic heterocycles. The molecule has 1 atom stereocenters. The average Bonchev–Trinajstić information content (AvgIpc) is 3.24. The van der Waals surface area contributed by atoms with E-state index in [2.05, 4.69) is 56.5 Å². The van der Waals surface area contributed by atoms with Gasteiger partial charge in [0.05, 0.1) is 5.56 Å². The van der Waals surface area contributed by atoms with Gasteiger partial charge in [0.2, 0.25) is 0 Å². The van der Waals surface area contributed by atoms with E-state index in [0.717, 1.165) is 44.8 Å². The SMILES string of the molecule is N#Cc1ccc(N2CCC(NCCN3CCC(c4ccccc4)C3)CC2)nc1. The summed E-state index contributed by atoms with van der Waals surface area (Å²) in [4.78, 5) is 9.34. The molecule has 4 rings (SSSR count). The number of hydrogen-bond donors (Lipinski definition) is 1. The predicted molar refractivity (Wildman–Crippen MR) is 112 cm³/mol. The average molecular weight is 376 g/mol. The molecule has 28 heavy (non-hydrogen) atoms. The Kier molecular flexibility index (Phi) is 6.20. The lowest BCUT2D eigenvalue weighted by Crippen LogP contribution is -2.44. The summed E-state index contributed by atoms with van der Waals surface area (Å²) in [7, 11) is 0. The lowest BCUT2D eigenvalue weighted by atomic mass is 9.99. The van der Waals surface area contributed by atoms with Gasteiger partial charge in [0.1, 0.15) is 11.9 Å². The van der Waals surface area contributed by atoms with Crippen LogP contribution < -0.4 is 10.2 Å². The maximum atomic E-state index is 8.89. The number of nitrogens with zero attached hydrogens (tertiary/aromatic N) is 4. The van der Waals surface area contributed by atoms with Crippen LogP contribution in [0.4, 0.5) is 5.82 Å². The zero-order valence-corrected chi connectivity index (χ0v) is 16.4. The molecule has 0 saturated carbocycles. The van der Waals surface area contributed by atoms with E-state index >= 15 is 0 Å². The van der Waals surface area contributed by atoms with Crippen molar-refractivity contribution in [2.45, 2.75) is 31.2 Å². The second kappa shape index (κ2) is 9.18. The Bertz CT molecular complexity index is 775. The second-order valence-corrected chi connectivity index (χ2v) is 7.93. The van der Waals surface area contributed by atoms with Gasteiger partial charge in [0, 0.05) is 45.0 Å². The van der Waals surface area contributed by atoms with Crippen LogP contribution in [0.3, 0.4) is 0 Å². The van der Waals surface area contributed by atoms with E-state index in [0.29, 0.717) is 17.5 Å². The van der Waals surface area contributed by atoms with Gasteiger partial charge in [-0.2, -0.15) is 5.26 Å². The van der Waals surface area contributed by atoms with Crippen molar-refractivity contribution in [1.82, 2.24) is 15.2 Å². The van der Waals surface area contributed by atoms with E-state index in [-0.39, 0.29) is 0 Å². The summed E-state index contributed by atoms with van der Waals surface area (Å²) >= 11 is 0. The van der Waals surface area contributed by atoms with Gasteiger partial charge in [-0.15, -0.1) is 0 Å². The molecule has 1 N–H and O–H groups in total. The van der Waals surface area contributed by atoms with E-state index in [1.807, 2.05) is 12.1 Å². The molecule has 146 valence electrons. The lowest BCUT2D eigenvalue weighted by Gasteiger charge is -2.33. The number of rotatable bonds is 6. The van der Waals surface area contributed by atoms with Crippen LogP contribution >= 0.6 is 0 Å². The largest absolute Gasteiger partial charge is 0.357 e. The fourth-order valence-electron chi connectivity index (χ4n) is 4.41. The first kappa shape index (κ1) is 18.9. The van der Waals surface area contributed by atoms with Crippen molar-refractivity contribution in [2.75, 3.05) is 44.2 Å². The molecular formula is C23H29N5. The van der Waals surface area contributed by atoms with Crippen LogP contribution in [-0.4, -0.2) is 55.2 Å². The van der Waals surface area contributed by atoms with Crippen molar-refractivity contribution in [3.05, 3.63) is 59.8 Å². The number of anilines is 1. The Labute approximate surface area is 168 Å². The minimum absolute atomic E-state index is 0.599. The molecular weight excluding hydrogens is 346 g/mol. The number of nitrogens with one attached hydrogen (secondary N) is 1. The Morgan fingerprint density at radius 3 is 2.57 bits per heavy atom. The smallest absolute Gasteiger partial charge is 0.128 e. The molecule has 5 heteroatoms. The first-order valence-electron chi connectivity index (χ1n) is 10.4. The van der Waals surface area contributed by atoms with Crippen LogP contribution in [0.5, 0.6) is 0 Å². The van der Waals surface area contributed by atoms with Crippen molar-refractivity contribution in [1.29, 1.82) is 5.26 Å². The molecule has 5 nitrogen and oxygen atoms in total. The van der Waals surface area contributed by atoms with Crippen molar-refractivity contribution in [3.8, 4) is 6.07 Å². The van der Waals surface area contributed by atoms with Crippen LogP contribution in [0, 0.1) is 11.3 Å². The predicted octanol–water partition coefficient (Wildman–Crippen LogP) is 3.00. The molecule has 0 aliphatic carbocycles. The number of nitriles is 1. The van der Waals surface area contributed by atoms with Gasteiger partial charge < -0.3 is 15.1 Å². The number of likely N-dealkylation sites (tertiary alicyclic amines) is 1. The van der Waals surface area contributed by atoms with Gasteiger partial charge >= 0.3 is 0 Å². The van der Waals surface area contributed by atoms with E-state index in [1.165, 1.54) is 25.1 Å². The molecule has 1 aromatic carbocycles. The fourth-order valence-corrected chi connectivity index (χ4v) is 4.41. The highest BCUT2D eigenvalue weighted by Crippen LogP contribution is 2.26. The van der Waals surface area contributed by atoms with E-state index in [1.54, 1.807) is 6.20 Å². The number of hydrogen-bond acceptors (Lipinski definition) is 5. The molecule has 0 radical (unpaired) electrons. The van der Waals surface area contributed by atoms with Gasteiger partial charge in [-0.3, -0.25) is 0 Å². The Morgan fingerprint density at radius 1 is 1.04 bits per heavy atom. The summed E-state index contributed by atoms with van der Waals surface area (Å²) in [5.41, 5.74) is 2.11. The van der Waals surface area contributed by atoms with E-state index in [4.69, 9.17) is 5.26 Å². The van der Waals surface area contributed by atoms with Crippen LogP contribution in [0.1, 0.15) is 36.3 Å². The zero-order valence-electron chi connectivity index (χ0n) is 16.4. The summed E-state index contributed by atoms with van der Waals surface area (Å²) in [6.45, 7) is 6.66. The minimum atomic E-state index is 0.599. The molecule has 2 saturated heterocycles. The van der Waals surface area contributed by atoms with E-state index < -0.39 is 0 Å². The topological polar surface area (TPSA) is 55.2 Å². The molecule has 0 spiro atoms. The first-order chi connectivity index (χ1) is 13.8. The highest BCUT2D eigenvalue weighted by molar-refractivity contribution is 5.42. The highest BCUT2D eigenvalue weighted by Gasteiger charge is 2.24. The van der Waals surface area contributed by atoms with Gasteiger partial charge in [0.15, 0.2) is 0 Å². The monoisotopic (exact) mass is 375 g/mol. The van der Waals surface area contributed by atoms with Gasteiger partial charge in [-0.1, -0.05) is 30.3 Å². The first-order valence-corrected chi connectivity index (χ1v) is 10.4. The van der Waals surface area contributed by atoms with E-state index in [9.17, 15) is 0 Å². The van der Waals surface area contributed by atoms with Crippen molar-refractivity contribution in [3.63, 3.8) is 0 Å². The van der Waals surface area contributed by atoms with Crippen LogP contribution in [-0.2, 0) is 0 Å². The summed E-state index contributed by atoms with van der Waals surface area (Å²) in [6.07, 6.45) is 5.24. The second-order valence-electron chi connectivity index (χ2n) is 7.93. The van der Waals surface area contributed by atoms with Crippen LogP contribution in [0.25, 0.3) is 0 Å². The Hall–Kier alpha value is -2.42. The molecule has 2 aromatic rings. The summed E-state index contributed by atoms with van der Waals surface area (Å²) in [6, 6.07) is 17.5. The van der Waals surface area contributed by atoms with Crippen molar-refractivity contribution >= 4 is 5.82 Å². The maximum Gasteiger partial charge on any atom is 0.128 e. The molecule has 0 amide bonds. The Morgan fingerprint density at radius 2 is 1.86 bits per heavy atom. The number of pyridine rings is 1. The third-order valence-electron chi connectivity index (χ3n) is 6.10. The molecule has 2 fully saturated rings.